The summed E-state index contributed by atoms with van der Waals surface area (Å²) in [7, 11) is 0. The third-order valence-corrected chi connectivity index (χ3v) is 5.72. The summed E-state index contributed by atoms with van der Waals surface area (Å²) < 4.78 is 0. The van der Waals surface area contributed by atoms with Gasteiger partial charge in [0.1, 0.15) is 17.4 Å². The van der Waals surface area contributed by atoms with Crippen LogP contribution in [0.3, 0.4) is 0 Å². The predicted octanol–water partition coefficient (Wildman–Crippen LogP) is 2.42. The van der Waals surface area contributed by atoms with Gasteiger partial charge in [-0.3, -0.25) is 4.79 Å². The Hall–Kier alpha value is -2.82. The lowest BCUT2D eigenvalue weighted by atomic mass is 10.1. The first-order valence-electron chi connectivity index (χ1n) is 10.9. The number of pyridine rings is 1. The van der Waals surface area contributed by atoms with Crippen LogP contribution in [-0.4, -0.2) is 68.1 Å². The first kappa shape index (κ1) is 24.8. The molecule has 3 heterocycles. The number of carboxylic acids is 1. The molecule has 11 heteroatoms. The minimum absolute atomic E-state index is 0.0237. The molecule has 0 spiro atoms. The zero-order valence-electron chi connectivity index (χ0n) is 18.5. The molecule has 2 aromatic rings. The molecular formula is C22H28ClN5O5. The van der Waals surface area contributed by atoms with E-state index in [1.807, 2.05) is 6.07 Å². The number of carboxylic acid groups (broad SMARTS) is 1. The van der Waals surface area contributed by atoms with Crippen molar-refractivity contribution >= 4 is 29.4 Å². The minimum Gasteiger partial charge on any atom is -0.480 e. The number of nitrogens with one attached hydrogen (secondary N) is 1. The van der Waals surface area contributed by atoms with Gasteiger partial charge in [-0.2, -0.15) is 10.2 Å². The molecule has 10 nitrogen and oxygen atoms in total. The number of hydrogen-bond donors (Lipinski definition) is 3. The van der Waals surface area contributed by atoms with Crippen molar-refractivity contribution in [2.24, 2.45) is 0 Å². The number of carbonyl (C=O) groups is 2. The molecule has 0 radical (unpaired) electrons. The van der Waals surface area contributed by atoms with Crippen molar-refractivity contribution in [1.29, 1.82) is 0 Å². The summed E-state index contributed by atoms with van der Waals surface area (Å²) in [5.41, 5.74) is 2.46. The fourth-order valence-corrected chi connectivity index (χ4v) is 3.97. The molecule has 1 aliphatic heterocycles. The second-order valence-corrected chi connectivity index (χ2v) is 8.24. The molecule has 1 atom stereocenters. The quantitative estimate of drug-likeness (QED) is 0.326. The highest BCUT2D eigenvalue weighted by atomic mass is 35.5. The number of unbranched alkanes of at least 4 members (excludes halogenated alkanes) is 1. The van der Waals surface area contributed by atoms with Crippen molar-refractivity contribution in [1.82, 2.24) is 20.2 Å². The maximum Gasteiger partial charge on any atom is 0.360 e. The smallest absolute Gasteiger partial charge is 0.360 e. The average Bonchev–Trinajstić information content (AvgIpc) is 2.79. The zero-order chi connectivity index (χ0) is 23.8. The van der Waals surface area contributed by atoms with E-state index in [-0.39, 0.29) is 35.9 Å². The summed E-state index contributed by atoms with van der Waals surface area (Å²) in [5, 5.41) is 30.9. The Balaban J connectivity index is 1.64. The number of aliphatic hydroxyl groups is 1. The number of aliphatic hydroxyl groups excluding tert-OH is 1. The number of rotatable bonds is 11. The van der Waals surface area contributed by atoms with Gasteiger partial charge in [0.25, 0.3) is 0 Å². The summed E-state index contributed by atoms with van der Waals surface area (Å²) >= 11 is 6.07. The van der Waals surface area contributed by atoms with Gasteiger partial charge in [0.2, 0.25) is 0 Å². The Kier molecular flexibility index (Phi) is 8.93. The van der Waals surface area contributed by atoms with Crippen LogP contribution in [0.15, 0.2) is 18.3 Å². The van der Waals surface area contributed by atoms with E-state index in [0.29, 0.717) is 19.3 Å². The van der Waals surface area contributed by atoms with E-state index in [1.54, 1.807) is 6.92 Å². The van der Waals surface area contributed by atoms with Gasteiger partial charge in [-0.05, 0) is 57.1 Å². The second-order valence-electron chi connectivity index (χ2n) is 7.84. The van der Waals surface area contributed by atoms with Gasteiger partial charge in [0.15, 0.2) is 0 Å². The third kappa shape index (κ3) is 6.59. The fraction of sp³-hybridized carbons (Fsp3) is 0.500. The number of hydroxylamine groups is 2. The third-order valence-electron chi connectivity index (χ3n) is 5.43. The Morgan fingerprint density at radius 2 is 2.15 bits per heavy atom. The van der Waals surface area contributed by atoms with E-state index < -0.39 is 18.0 Å². The van der Waals surface area contributed by atoms with Gasteiger partial charge in [-0.15, -0.1) is 5.06 Å². The van der Waals surface area contributed by atoms with Crippen LogP contribution < -0.4 is 5.32 Å². The molecule has 0 saturated heterocycles. The molecule has 2 aromatic heterocycles. The van der Waals surface area contributed by atoms with E-state index in [1.165, 1.54) is 11.8 Å². The number of nitrogens with zero attached hydrogens (tertiary/aromatic N) is 4. The first-order chi connectivity index (χ1) is 15.9. The molecule has 1 aliphatic rings. The molecule has 178 valence electrons. The monoisotopic (exact) mass is 477 g/mol. The molecule has 33 heavy (non-hydrogen) atoms. The highest BCUT2D eigenvalue weighted by Gasteiger charge is 2.30. The predicted molar refractivity (Wildman–Crippen MR) is 121 cm³/mol. The molecule has 0 aliphatic carbocycles. The van der Waals surface area contributed by atoms with Gasteiger partial charge < -0.3 is 20.4 Å². The molecule has 0 fully saturated rings. The molecule has 3 N–H and O–H groups in total. The molecule has 3 rings (SSSR count). The lowest BCUT2D eigenvalue weighted by molar-refractivity contribution is -0.174. The number of aryl methyl sites for hydroxylation is 3. The lowest BCUT2D eigenvalue weighted by Crippen LogP contribution is -2.43. The second kappa shape index (κ2) is 11.9. The van der Waals surface area contributed by atoms with E-state index in [2.05, 4.69) is 26.6 Å². The maximum absolute atomic E-state index is 12.7. The van der Waals surface area contributed by atoms with E-state index in [9.17, 15) is 19.8 Å². The molecular weight excluding hydrogens is 450 g/mol. The van der Waals surface area contributed by atoms with Crippen LogP contribution in [0.2, 0.25) is 5.02 Å². The van der Waals surface area contributed by atoms with Crippen molar-refractivity contribution in [2.75, 3.05) is 25.0 Å². The first-order valence-corrected chi connectivity index (χ1v) is 11.3. The van der Waals surface area contributed by atoms with Crippen molar-refractivity contribution in [3.8, 4) is 0 Å². The van der Waals surface area contributed by atoms with Crippen LogP contribution in [0.4, 0.5) is 5.82 Å². The number of aliphatic carboxylic acids is 1. The summed E-state index contributed by atoms with van der Waals surface area (Å²) in [6.45, 7) is 2.28. The highest BCUT2D eigenvalue weighted by Crippen LogP contribution is 2.21. The normalized spacial score (nSPS) is 13.8. The van der Waals surface area contributed by atoms with Gasteiger partial charge in [0, 0.05) is 25.4 Å². The Morgan fingerprint density at radius 1 is 1.33 bits per heavy atom. The van der Waals surface area contributed by atoms with E-state index >= 15 is 0 Å². The average molecular weight is 478 g/mol. The van der Waals surface area contributed by atoms with Crippen LogP contribution in [0.1, 0.15) is 53.0 Å². The van der Waals surface area contributed by atoms with E-state index in [0.717, 1.165) is 36.0 Å². The zero-order valence-corrected chi connectivity index (χ0v) is 19.2. The van der Waals surface area contributed by atoms with Crippen LogP contribution in [0.5, 0.6) is 0 Å². The Morgan fingerprint density at radius 3 is 2.88 bits per heavy atom. The molecule has 0 saturated carbocycles. The van der Waals surface area contributed by atoms with Crippen LogP contribution >= 0.6 is 11.6 Å². The summed E-state index contributed by atoms with van der Waals surface area (Å²) in [5.74, 6) is -1.09. The molecule has 0 unspecified atom stereocenters. The summed E-state index contributed by atoms with van der Waals surface area (Å²) in [6.07, 6.45) is 5.21. The highest BCUT2D eigenvalue weighted by molar-refractivity contribution is 6.33. The fourth-order valence-electron chi connectivity index (χ4n) is 3.71. The van der Waals surface area contributed by atoms with Gasteiger partial charge >= 0.3 is 11.9 Å². The number of aromatic nitrogens is 3. The largest absolute Gasteiger partial charge is 0.480 e. The van der Waals surface area contributed by atoms with Gasteiger partial charge in [-0.25, -0.2) is 9.78 Å². The van der Waals surface area contributed by atoms with Crippen LogP contribution in [0.25, 0.3) is 0 Å². The maximum atomic E-state index is 12.7. The van der Waals surface area contributed by atoms with E-state index in [4.69, 9.17) is 16.4 Å². The SMILES string of the molecule is Cc1nncc(Cl)c1C(=O)ON(CCCCc1ccc2c(n1)NCCC2)[C@@H](CCO)C(=O)O. The number of halogens is 1. The van der Waals surface area contributed by atoms with Crippen molar-refractivity contribution in [3.05, 3.63) is 45.9 Å². The van der Waals surface area contributed by atoms with Crippen molar-refractivity contribution in [2.45, 2.75) is 51.5 Å². The Bertz CT molecular complexity index is 969. The van der Waals surface area contributed by atoms with Crippen molar-refractivity contribution < 1.29 is 24.6 Å². The molecule has 0 amide bonds. The number of hydrogen-bond acceptors (Lipinski definition) is 9. The van der Waals surface area contributed by atoms with Crippen LogP contribution in [-0.2, 0) is 22.5 Å². The Labute approximate surface area is 196 Å². The number of carbonyl (C=O) groups excluding carboxylic acids is 1. The lowest BCUT2D eigenvalue weighted by Gasteiger charge is -2.27. The van der Waals surface area contributed by atoms with Crippen LogP contribution in [0, 0.1) is 6.92 Å². The topological polar surface area (TPSA) is 138 Å². The summed E-state index contributed by atoms with van der Waals surface area (Å²) in [6, 6.07) is 2.91. The van der Waals surface area contributed by atoms with Gasteiger partial charge in [0.05, 0.1) is 16.9 Å². The minimum atomic E-state index is -1.20. The summed E-state index contributed by atoms with van der Waals surface area (Å²) in [4.78, 5) is 34.6. The number of fused-ring (bicyclic) bond motifs is 1. The van der Waals surface area contributed by atoms with Gasteiger partial charge in [-0.1, -0.05) is 17.7 Å². The molecule has 0 aromatic carbocycles. The van der Waals surface area contributed by atoms with Crippen molar-refractivity contribution in [3.63, 3.8) is 0 Å². The number of anilines is 1. The molecule has 0 bridgehead atoms. The standard InChI is InChI=1S/C22H28ClN5O5/c1-14-19(17(23)13-25-27-14)22(32)33-28(18(9-12-29)21(30)31)11-3-2-6-16-8-7-15-5-4-10-24-20(15)26-16/h7-8,13,18,29H,2-6,9-12H2,1H3,(H,24,26)(H,30,31)/t18-/m0/s1.